The summed E-state index contributed by atoms with van der Waals surface area (Å²) in [5.41, 5.74) is -2.05. The summed E-state index contributed by atoms with van der Waals surface area (Å²) in [5.74, 6) is 0. The quantitative estimate of drug-likeness (QED) is 0.680. The lowest BCUT2D eigenvalue weighted by molar-refractivity contribution is -0.590. The van der Waals surface area contributed by atoms with E-state index in [0.717, 1.165) is 18.7 Å². The van der Waals surface area contributed by atoms with E-state index in [0.29, 0.717) is 4.90 Å². The summed E-state index contributed by atoms with van der Waals surface area (Å²) in [6, 6.07) is 8.53. The molecule has 2 rings (SSSR count). The monoisotopic (exact) mass is 319 g/mol. The Labute approximate surface area is 124 Å². The van der Waals surface area contributed by atoms with Gasteiger partial charge in [0.15, 0.2) is 6.10 Å². The zero-order chi connectivity index (χ0) is 15.6. The lowest BCUT2D eigenvalue weighted by atomic mass is 9.85. The van der Waals surface area contributed by atoms with Crippen LogP contribution in [0.25, 0.3) is 0 Å². The van der Waals surface area contributed by atoms with E-state index >= 15 is 0 Å². The number of benzene rings is 1. The van der Waals surface area contributed by atoms with Crippen molar-refractivity contribution in [3.63, 3.8) is 0 Å². The molecule has 1 aliphatic rings. The van der Waals surface area contributed by atoms with Crippen molar-refractivity contribution in [2.75, 3.05) is 6.67 Å². The van der Waals surface area contributed by atoms with Crippen LogP contribution in [-0.2, 0) is 4.74 Å². The molecular formula is C13H15F2NO4S. The first-order chi connectivity index (χ1) is 9.91. The molecule has 0 radical (unpaired) electrons. The number of rotatable bonds is 4. The van der Waals surface area contributed by atoms with E-state index in [4.69, 9.17) is 4.74 Å². The maximum atomic E-state index is 14.2. The van der Waals surface area contributed by atoms with E-state index in [-0.39, 0.29) is 0 Å². The molecule has 0 amide bonds. The molecule has 0 bridgehead atoms. The number of halogens is 2. The molecule has 1 saturated heterocycles. The number of nitrogens with zero attached hydrogens (tertiary/aromatic N) is 1. The highest BCUT2D eigenvalue weighted by atomic mass is 32.2. The number of thioether (sulfide) groups is 1. The third kappa shape index (κ3) is 2.88. The molecule has 1 N–H and O–H groups in total. The summed E-state index contributed by atoms with van der Waals surface area (Å²) in [6.45, 7) is -0.0657. The molecule has 5 atom stereocenters. The zero-order valence-electron chi connectivity index (χ0n) is 11.2. The second kappa shape index (κ2) is 6.25. The van der Waals surface area contributed by atoms with Crippen molar-refractivity contribution < 1.29 is 23.5 Å². The van der Waals surface area contributed by atoms with Gasteiger partial charge in [-0.2, -0.15) is 0 Å². The van der Waals surface area contributed by atoms with Crippen LogP contribution in [0.3, 0.4) is 0 Å². The first-order valence-electron chi connectivity index (χ1n) is 6.31. The Morgan fingerprint density at radius 3 is 2.62 bits per heavy atom. The molecular weight excluding hydrogens is 304 g/mol. The van der Waals surface area contributed by atoms with Crippen molar-refractivity contribution in [2.24, 2.45) is 0 Å². The Morgan fingerprint density at radius 1 is 1.48 bits per heavy atom. The van der Waals surface area contributed by atoms with Crippen molar-refractivity contribution in [3.05, 3.63) is 40.4 Å². The van der Waals surface area contributed by atoms with Gasteiger partial charge < -0.3 is 9.84 Å². The minimum Gasteiger partial charge on any atom is -0.383 e. The Kier molecular flexibility index (Phi) is 4.80. The van der Waals surface area contributed by atoms with E-state index in [1.54, 1.807) is 30.3 Å². The normalized spacial score (nSPS) is 36.4. The smallest absolute Gasteiger partial charge is 0.264 e. The van der Waals surface area contributed by atoms with E-state index in [1.165, 1.54) is 0 Å². The molecule has 0 aromatic heterocycles. The SMILES string of the molecule is C[C@]1([N+](=O)[O-])[C@@H](O)[C@H](CF)O[C@@H](F)[C@@H]1Sc1ccccc1. The van der Waals surface area contributed by atoms with Crippen molar-refractivity contribution in [1.29, 1.82) is 0 Å². The van der Waals surface area contributed by atoms with Gasteiger partial charge in [-0.3, -0.25) is 10.1 Å². The van der Waals surface area contributed by atoms with Crippen LogP contribution in [-0.4, -0.2) is 46.1 Å². The van der Waals surface area contributed by atoms with E-state index in [2.05, 4.69) is 0 Å². The van der Waals surface area contributed by atoms with Gasteiger partial charge in [0.2, 0.25) is 6.36 Å². The minimum absolute atomic E-state index is 0.604. The summed E-state index contributed by atoms with van der Waals surface area (Å²) in [4.78, 5) is 11.2. The first-order valence-corrected chi connectivity index (χ1v) is 7.19. The molecule has 0 aliphatic carbocycles. The van der Waals surface area contributed by atoms with Crippen molar-refractivity contribution in [3.8, 4) is 0 Å². The molecule has 8 heteroatoms. The third-order valence-corrected chi connectivity index (χ3v) is 5.11. The van der Waals surface area contributed by atoms with Gasteiger partial charge in [-0.05, 0) is 12.1 Å². The van der Waals surface area contributed by atoms with Crippen LogP contribution < -0.4 is 0 Å². The van der Waals surface area contributed by atoms with Gasteiger partial charge in [0.05, 0.1) is 0 Å². The minimum atomic E-state index is -2.05. The van der Waals surface area contributed by atoms with Crippen molar-refractivity contribution in [1.82, 2.24) is 0 Å². The Bertz CT molecular complexity index is 506. The Hall–Kier alpha value is -1.25. The van der Waals surface area contributed by atoms with Gasteiger partial charge in [-0.25, -0.2) is 8.78 Å². The summed E-state index contributed by atoms with van der Waals surface area (Å²) >= 11 is 0.900. The van der Waals surface area contributed by atoms with Crippen molar-refractivity contribution >= 4 is 11.8 Å². The summed E-state index contributed by atoms with van der Waals surface area (Å²) in [7, 11) is 0. The summed E-state index contributed by atoms with van der Waals surface area (Å²) in [6.07, 6.45) is -5.32. The lowest BCUT2D eigenvalue weighted by Crippen LogP contribution is -2.66. The second-order valence-electron chi connectivity index (χ2n) is 4.96. The number of hydrogen-bond donors (Lipinski definition) is 1. The lowest BCUT2D eigenvalue weighted by Gasteiger charge is -2.42. The maximum absolute atomic E-state index is 14.2. The van der Waals surface area contributed by atoms with Crippen LogP contribution in [0, 0.1) is 10.1 Å². The molecule has 0 unspecified atom stereocenters. The molecule has 21 heavy (non-hydrogen) atoms. The third-order valence-electron chi connectivity index (χ3n) is 3.62. The molecule has 1 aromatic carbocycles. The second-order valence-corrected chi connectivity index (χ2v) is 6.17. The number of alkyl halides is 2. The highest BCUT2D eigenvalue weighted by Gasteiger charge is 2.63. The van der Waals surface area contributed by atoms with Gasteiger partial charge in [-0.15, -0.1) is 11.8 Å². The van der Waals surface area contributed by atoms with Gasteiger partial charge in [0.25, 0.3) is 5.54 Å². The summed E-state index contributed by atoms with van der Waals surface area (Å²) < 4.78 is 31.7. The van der Waals surface area contributed by atoms with E-state index in [9.17, 15) is 24.0 Å². The molecule has 116 valence electrons. The largest absolute Gasteiger partial charge is 0.383 e. The van der Waals surface area contributed by atoms with E-state index in [1.807, 2.05) is 0 Å². The fourth-order valence-electron chi connectivity index (χ4n) is 2.27. The fraction of sp³-hybridized carbons (Fsp3) is 0.538. The highest BCUT2D eigenvalue weighted by molar-refractivity contribution is 8.00. The number of aliphatic hydroxyl groups is 1. The molecule has 1 aliphatic heterocycles. The molecule has 0 spiro atoms. The van der Waals surface area contributed by atoms with Gasteiger partial charge in [-0.1, -0.05) is 18.2 Å². The first kappa shape index (κ1) is 16.1. The number of hydrogen-bond acceptors (Lipinski definition) is 5. The highest BCUT2D eigenvalue weighted by Crippen LogP contribution is 2.42. The van der Waals surface area contributed by atoms with Crippen LogP contribution in [0.4, 0.5) is 8.78 Å². The Morgan fingerprint density at radius 2 is 2.10 bits per heavy atom. The van der Waals surface area contributed by atoms with Crippen LogP contribution in [0.2, 0.25) is 0 Å². The molecule has 0 saturated carbocycles. The predicted molar refractivity (Wildman–Crippen MR) is 73.2 cm³/mol. The maximum Gasteiger partial charge on any atom is 0.264 e. The number of ether oxygens (including phenoxy) is 1. The van der Waals surface area contributed by atoms with Crippen molar-refractivity contribution in [2.45, 2.75) is 41.2 Å². The topological polar surface area (TPSA) is 72.6 Å². The van der Waals surface area contributed by atoms with Crippen LogP contribution >= 0.6 is 11.8 Å². The molecule has 1 aromatic rings. The average molecular weight is 319 g/mol. The molecule has 1 fully saturated rings. The number of nitro groups is 1. The van der Waals surface area contributed by atoms with Crippen LogP contribution in [0.15, 0.2) is 35.2 Å². The summed E-state index contributed by atoms with van der Waals surface area (Å²) in [5, 5.41) is 20.1. The van der Waals surface area contributed by atoms with Crippen LogP contribution in [0.5, 0.6) is 0 Å². The zero-order valence-corrected chi connectivity index (χ0v) is 12.0. The number of aliphatic hydroxyl groups excluding tert-OH is 1. The van der Waals surface area contributed by atoms with Gasteiger partial charge in [0, 0.05) is 16.7 Å². The average Bonchev–Trinajstić information content (AvgIpc) is 2.48. The predicted octanol–water partition coefficient (Wildman–Crippen LogP) is 2.21. The fourth-order valence-corrected chi connectivity index (χ4v) is 3.52. The standard InChI is InChI=1S/C13H15F2NO4S/c1-13(16(18)19)10(17)9(7-14)20-12(15)11(13)21-8-5-3-2-4-6-8/h2-6,9-12,17H,7H2,1H3/t9-,10-,11-,12+,13-/m0/s1. The Balaban J connectivity index is 2.34. The molecule has 1 heterocycles. The van der Waals surface area contributed by atoms with Gasteiger partial charge >= 0.3 is 0 Å². The molecule has 5 nitrogen and oxygen atoms in total. The van der Waals surface area contributed by atoms with Crippen LogP contribution in [0.1, 0.15) is 6.92 Å². The van der Waals surface area contributed by atoms with E-state index < -0.39 is 41.0 Å². The van der Waals surface area contributed by atoms with Gasteiger partial charge in [0.1, 0.15) is 18.0 Å².